The molecule has 0 saturated heterocycles. The summed E-state index contributed by atoms with van der Waals surface area (Å²) in [6, 6.07) is 5.25. The van der Waals surface area contributed by atoms with Crippen molar-refractivity contribution in [3.8, 4) is 0 Å². The summed E-state index contributed by atoms with van der Waals surface area (Å²) >= 11 is 1.31. The van der Waals surface area contributed by atoms with Gasteiger partial charge >= 0.3 is 0 Å². The molecule has 22 heavy (non-hydrogen) atoms. The largest absolute Gasteiger partial charge is 0.241 e. The van der Waals surface area contributed by atoms with Crippen LogP contribution in [0.2, 0.25) is 0 Å². The number of benzene rings is 1. The maximum atomic E-state index is 12.4. The van der Waals surface area contributed by atoms with E-state index < -0.39 is 10.0 Å². The van der Waals surface area contributed by atoms with Gasteiger partial charge in [-0.25, -0.2) is 13.1 Å². The molecular weight excluding hydrogens is 322 g/mol. The molecule has 0 aliphatic carbocycles. The molecule has 0 bridgehead atoms. The van der Waals surface area contributed by atoms with E-state index in [2.05, 4.69) is 20.0 Å². The number of nitrogens with zero attached hydrogens (tertiary/aromatic N) is 4. The Morgan fingerprint density at radius 3 is 2.68 bits per heavy atom. The highest BCUT2D eigenvalue weighted by Crippen LogP contribution is 2.18. The average Bonchev–Trinajstić information content (AvgIpc) is 2.99. The molecule has 2 heterocycles. The highest BCUT2D eigenvalue weighted by molar-refractivity contribution is 7.89. The zero-order valence-electron chi connectivity index (χ0n) is 12.4. The first-order valence-electron chi connectivity index (χ1n) is 6.61. The van der Waals surface area contributed by atoms with Crippen LogP contribution in [0.5, 0.6) is 0 Å². The van der Waals surface area contributed by atoms with Gasteiger partial charge in [-0.2, -0.15) is 9.61 Å². The fourth-order valence-corrected chi connectivity index (χ4v) is 4.28. The van der Waals surface area contributed by atoms with Gasteiger partial charge in [-0.05, 0) is 32.4 Å². The van der Waals surface area contributed by atoms with Crippen LogP contribution in [0.15, 0.2) is 23.1 Å². The molecule has 3 rings (SSSR count). The maximum Gasteiger partial charge on any atom is 0.241 e. The molecule has 0 saturated carbocycles. The highest BCUT2D eigenvalue weighted by atomic mass is 32.2. The smallest absolute Gasteiger partial charge is 0.207 e. The summed E-state index contributed by atoms with van der Waals surface area (Å²) in [4.78, 5) is 0.940. The first-order chi connectivity index (χ1) is 10.4. The van der Waals surface area contributed by atoms with Crippen LogP contribution in [0.4, 0.5) is 0 Å². The second kappa shape index (κ2) is 5.41. The van der Waals surface area contributed by atoms with Gasteiger partial charge in [0.2, 0.25) is 15.0 Å². The Bertz CT molecular complexity index is 943. The van der Waals surface area contributed by atoms with Crippen molar-refractivity contribution in [1.82, 2.24) is 24.5 Å². The van der Waals surface area contributed by atoms with E-state index in [1.165, 1.54) is 11.3 Å². The minimum absolute atomic E-state index is 0.128. The van der Waals surface area contributed by atoms with Gasteiger partial charge in [-0.15, -0.1) is 10.2 Å². The van der Waals surface area contributed by atoms with Gasteiger partial charge in [0.1, 0.15) is 5.01 Å². The number of rotatable bonds is 4. The molecule has 0 amide bonds. The topological polar surface area (TPSA) is 89.2 Å². The Morgan fingerprint density at radius 2 is 2.00 bits per heavy atom. The second-order valence-electron chi connectivity index (χ2n) is 5.03. The van der Waals surface area contributed by atoms with E-state index in [0.717, 1.165) is 11.1 Å². The Labute approximate surface area is 132 Å². The molecule has 0 aliphatic rings. The number of hydrogen-bond acceptors (Lipinski definition) is 6. The number of aromatic nitrogens is 4. The van der Waals surface area contributed by atoms with Gasteiger partial charge in [-0.1, -0.05) is 29.0 Å². The van der Waals surface area contributed by atoms with Crippen molar-refractivity contribution in [2.75, 3.05) is 0 Å². The molecule has 3 aromatic rings. The minimum Gasteiger partial charge on any atom is -0.207 e. The quantitative estimate of drug-likeness (QED) is 0.781. The van der Waals surface area contributed by atoms with E-state index in [0.29, 0.717) is 15.8 Å². The second-order valence-corrected chi connectivity index (χ2v) is 7.81. The fraction of sp³-hybridized carbons (Fsp3) is 0.308. The van der Waals surface area contributed by atoms with Gasteiger partial charge in [-0.3, -0.25) is 0 Å². The summed E-state index contributed by atoms with van der Waals surface area (Å²) in [5.74, 6) is 0.676. The monoisotopic (exact) mass is 337 g/mol. The molecular formula is C13H15N5O2S2. The first kappa shape index (κ1) is 15.1. The lowest BCUT2D eigenvalue weighted by Crippen LogP contribution is -2.24. The summed E-state index contributed by atoms with van der Waals surface area (Å²) in [5.41, 5.74) is 1.75. The lowest BCUT2D eigenvalue weighted by molar-refractivity contribution is 0.580. The van der Waals surface area contributed by atoms with Crippen LogP contribution < -0.4 is 4.72 Å². The molecule has 0 spiro atoms. The van der Waals surface area contributed by atoms with Crippen molar-refractivity contribution < 1.29 is 8.42 Å². The van der Waals surface area contributed by atoms with E-state index in [1.807, 2.05) is 13.0 Å². The predicted octanol–water partition coefficient (Wildman–Crippen LogP) is 1.59. The molecule has 9 heteroatoms. The third-order valence-corrected chi connectivity index (χ3v) is 5.68. The minimum atomic E-state index is -3.57. The number of hydrogen-bond donors (Lipinski definition) is 1. The van der Waals surface area contributed by atoms with E-state index in [4.69, 9.17) is 0 Å². The first-order valence-corrected chi connectivity index (χ1v) is 8.91. The molecule has 0 aliphatic heterocycles. The van der Waals surface area contributed by atoms with Gasteiger partial charge in [0.05, 0.1) is 11.4 Å². The van der Waals surface area contributed by atoms with Crippen molar-refractivity contribution in [2.45, 2.75) is 32.2 Å². The van der Waals surface area contributed by atoms with E-state index >= 15 is 0 Å². The lowest BCUT2D eigenvalue weighted by atomic mass is 10.2. The Hall–Kier alpha value is -1.84. The van der Waals surface area contributed by atoms with Crippen LogP contribution in [0.1, 0.15) is 22.0 Å². The zero-order valence-corrected chi connectivity index (χ0v) is 14.0. The molecule has 2 aromatic heterocycles. The van der Waals surface area contributed by atoms with Crippen LogP contribution in [-0.4, -0.2) is 28.2 Å². The molecule has 0 unspecified atom stereocenters. The van der Waals surface area contributed by atoms with Crippen LogP contribution in [0, 0.1) is 20.8 Å². The Kier molecular flexibility index (Phi) is 3.71. The van der Waals surface area contributed by atoms with Gasteiger partial charge in [0.15, 0.2) is 5.82 Å². The Morgan fingerprint density at radius 1 is 1.23 bits per heavy atom. The molecule has 116 valence electrons. The number of sulfonamides is 1. The van der Waals surface area contributed by atoms with Crippen LogP contribution in [0.25, 0.3) is 4.96 Å². The van der Waals surface area contributed by atoms with Crippen LogP contribution in [-0.2, 0) is 16.6 Å². The third-order valence-electron chi connectivity index (χ3n) is 3.22. The number of aryl methyl sites for hydroxylation is 3. The normalized spacial score (nSPS) is 12.1. The third kappa shape index (κ3) is 2.74. The standard InChI is InChI=1S/C13H15N5O2S2/c1-8-4-5-11(9(2)6-8)22(19,20)14-7-12-17-18-10(3)15-16-13(18)21-12/h4-6,14H,7H2,1-3H3. The summed E-state index contributed by atoms with van der Waals surface area (Å²) in [7, 11) is -3.57. The van der Waals surface area contributed by atoms with Crippen LogP contribution >= 0.6 is 11.3 Å². The Balaban J connectivity index is 1.82. The molecule has 0 fully saturated rings. The SMILES string of the molecule is Cc1ccc(S(=O)(=O)NCc2nn3c(C)nnc3s2)c(C)c1. The highest BCUT2D eigenvalue weighted by Gasteiger charge is 2.18. The van der Waals surface area contributed by atoms with Gasteiger partial charge < -0.3 is 0 Å². The molecule has 1 aromatic carbocycles. The number of nitrogens with one attached hydrogen (secondary N) is 1. The van der Waals surface area contributed by atoms with Crippen molar-refractivity contribution >= 4 is 26.3 Å². The van der Waals surface area contributed by atoms with Crippen molar-refractivity contribution in [3.63, 3.8) is 0 Å². The zero-order chi connectivity index (χ0) is 15.9. The maximum absolute atomic E-state index is 12.4. The summed E-state index contributed by atoms with van der Waals surface area (Å²) in [5, 5.41) is 12.8. The molecule has 0 atom stereocenters. The summed E-state index contributed by atoms with van der Waals surface area (Å²) in [6.07, 6.45) is 0. The van der Waals surface area contributed by atoms with Crippen molar-refractivity contribution in [2.24, 2.45) is 0 Å². The van der Waals surface area contributed by atoms with E-state index in [1.54, 1.807) is 30.5 Å². The predicted molar refractivity (Wildman–Crippen MR) is 83.3 cm³/mol. The van der Waals surface area contributed by atoms with Gasteiger partial charge in [0.25, 0.3) is 0 Å². The fourth-order valence-electron chi connectivity index (χ4n) is 2.16. The average molecular weight is 337 g/mol. The summed E-state index contributed by atoms with van der Waals surface area (Å²) < 4.78 is 29.0. The van der Waals surface area contributed by atoms with Gasteiger partial charge in [0, 0.05) is 0 Å². The van der Waals surface area contributed by atoms with Crippen LogP contribution in [0.3, 0.4) is 0 Å². The van der Waals surface area contributed by atoms with Crippen molar-refractivity contribution in [3.05, 3.63) is 40.2 Å². The molecule has 0 radical (unpaired) electrons. The molecule has 7 nitrogen and oxygen atoms in total. The van der Waals surface area contributed by atoms with Crippen molar-refractivity contribution in [1.29, 1.82) is 0 Å². The van der Waals surface area contributed by atoms with E-state index in [9.17, 15) is 8.42 Å². The summed E-state index contributed by atoms with van der Waals surface area (Å²) in [6.45, 7) is 5.64. The number of fused-ring (bicyclic) bond motifs is 1. The van der Waals surface area contributed by atoms with E-state index in [-0.39, 0.29) is 11.4 Å². The molecule has 1 N–H and O–H groups in total. The lowest BCUT2D eigenvalue weighted by Gasteiger charge is -2.08.